The highest BCUT2D eigenvalue weighted by Gasteiger charge is 2.11. The molecule has 0 bridgehead atoms. The SMILES string of the molecule is Cc1nn(C)c(C)c1CCN=C(N)NC(C)c1ccc(Cl)cc1Cl. The molecule has 0 saturated heterocycles. The number of nitrogens with two attached hydrogens (primary N) is 1. The number of benzene rings is 1. The summed E-state index contributed by atoms with van der Waals surface area (Å²) in [7, 11) is 1.95. The average molecular weight is 368 g/mol. The summed E-state index contributed by atoms with van der Waals surface area (Å²) in [6.45, 7) is 6.66. The van der Waals surface area contributed by atoms with Gasteiger partial charge < -0.3 is 11.1 Å². The normalized spacial score (nSPS) is 13.2. The zero-order valence-corrected chi connectivity index (χ0v) is 15.9. The second kappa shape index (κ2) is 7.90. The lowest BCUT2D eigenvalue weighted by Gasteiger charge is -2.16. The summed E-state index contributed by atoms with van der Waals surface area (Å²) in [6, 6.07) is 5.36. The zero-order valence-electron chi connectivity index (χ0n) is 14.4. The van der Waals surface area contributed by atoms with Gasteiger partial charge in [-0.05, 0) is 50.5 Å². The van der Waals surface area contributed by atoms with Gasteiger partial charge in [0, 0.05) is 29.3 Å². The van der Waals surface area contributed by atoms with Gasteiger partial charge in [0.15, 0.2) is 5.96 Å². The quantitative estimate of drug-likeness (QED) is 0.627. The highest BCUT2D eigenvalue weighted by molar-refractivity contribution is 6.35. The molecule has 7 heteroatoms. The number of nitrogens with one attached hydrogen (secondary N) is 1. The van der Waals surface area contributed by atoms with Gasteiger partial charge in [-0.25, -0.2) is 0 Å². The van der Waals surface area contributed by atoms with Crippen LogP contribution in [0, 0.1) is 13.8 Å². The Morgan fingerprint density at radius 1 is 1.38 bits per heavy atom. The molecule has 1 atom stereocenters. The Labute approximate surface area is 152 Å². The van der Waals surface area contributed by atoms with Gasteiger partial charge in [0.2, 0.25) is 0 Å². The number of aliphatic imine (C=N–C) groups is 1. The second-order valence-electron chi connectivity index (χ2n) is 5.82. The number of nitrogens with zero attached hydrogens (tertiary/aromatic N) is 3. The highest BCUT2D eigenvalue weighted by Crippen LogP contribution is 2.25. The van der Waals surface area contributed by atoms with E-state index in [1.165, 1.54) is 5.56 Å². The van der Waals surface area contributed by atoms with Gasteiger partial charge in [0.25, 0.3) is 0 Å². The number of rotatable bonds is 5. The van der Waals surface area contributed by atoms with Crippen molar-refractivity contribution in [3.8, 4) is 0 Å². The molecular weight excluding hydrogens is 345 g/mol. The molecule has 0 spiro atoms. The third kappa shape index (κ3) is 4.42. The lowest BCUT2D eigenvalue weighted by atomic mass is 10.1. The van der Waals surface area contributed by atoms with Crippen molar-refractivity contribution in [2.75, 3.05) is 6.54 Å². The van der Waals surface area contributed by atoms with Crippen LogP contribution in [0.2, 0.25) is 10.0 Å². The molecule has 2 aromatic rings. The van der Waals surface area contributed by atoms with Gasteiger partial charge in [-0.15, -0.1) is 0 Å². The summed E-state index contributed by atoms with van der Waals surface area (Å²) in [6.07, 6.45) is 0.809. The van der Waals surface area contributed by atoms with Gasteiger partial charge >= 0.3 is 0 Å². The van der Waals surface area contributed by atoms with Gasteiger partial charge in [-0.2, -0.15) is 5.10 Å². The van der Waals surface area contributed by atoms with Crippen LogP contribution in [-0.4, -0.2) is 22.3 Å². The van der Waals surface area contributed by atoms with E-state index >= 15 is 0 Å². The summed E-state index contributed by atoms with van der Waals surface area (Å²) < 4.78 is 1.89. The van der Waals surface area contributed by atoms with Crippen LogP contribution in [0.4, 0.5) is 0 Å². The van der Waals surface area contributed by atoms with E-state index in [1.54, 1.807) is 6.07 Å². The molecule has 1 aromatic carbocycles. The first-order valence-corrected chi connectivity index (χ1v) is 8.55. The third-order valence-electron chi connectivity index (χ3n) is 4.10. The Morgan fingerprint density at radius 3 is 2.67 bits per heavy atom. The Balaban J connectivity index is 1.96. The maximum atomic E-state index is 6.21. The number of aryl methyl sites for hydroxylation is 2. The maximum absolute atomic E-state index is 6.21. The summed E-state index contributed by atoms with van der Waals surface area (Å²) in [5.41, 5.74) is 10.3. The van der Waals surface area contributed by atoms with Crippen molar-refractivity contribution in [3.05, 3.63) is 50.8 Å². The molecule has 0 aliphatic rings. The van der Waals surface area contributed by atoms with Gasteiger partial charge in [0.05, 0.1) is 11.7 Å². The van der Waals surface area contributed by atoms with Crippen LogP contribution < -0.4 is 11.1 Å². The molecule has 0 aliphatic heterocycles. The van der Waals surface area contributed by atoms with Crippen LogP contribution >= 0.6 is 23.2 Å². The van der Waals surface area contributed by atoms with Crippen LogP contribution in [0.15, 0.2) is 23.2 Å². The Morgan fingerprint density at radius 2 is 2.08 bits per heavy atom. The van der Waals surface area contributed by atoms with Crippen molar-refractivity contribution in [2.24, 2.45) is 17.8 Å². The predicted molar refractivity (Wildman–Crippen MR) is 101 cm³/mol. The van der Waals surface area contributed by atoms with Crippen LogP contribution in [0.5, 0.6) is 0 Å². The molecule has 1 aromatic heterocycles. The second-order valence-corrected chi connectivity index (χ2v) is 6.67. The van der Waals surface area contributed by atoms with E-state index in [1.807, 2.05) is 37.7 Å². The van der Waals surface area contributed by atoms with E-state index in [2.05, 4.69) is 22.3 Å². The van der Waals surface area contributed by atoms with E-state index in [0.29, 0.717) is 22.5 Å². The number of guanidine groups is 1. The number of halogens is 2. The van der Waals surface area contributed by atoms with Gasteiger partial charge in [-0.3, -0.25) is 9.67 Å². The van der Waals surface area contributed by atoms with Crippen molar-refractivity contribution in [1.82, 2.24) is 15.1 Å². The minimum absolute atomic E-state index is 0.0552. The number of aromatic nitrogens is 2. The fraction of sp³-hybridized carbons (Fsp3) is 0.412. The van der Waals surface area contributed by atoms with Crippen molar-refractivity contribution in [2.45, 2.75) is 33.2 Å². The molecule has 5 nitrogen and oxygen atoms in total. The first-order chi connectivity index (χ1) is 11.3. The summed E-state index contributed by atoms with van der Waals surface area (Å²) in [4.78, 5) is 4.40. The topological polar surface area (TPSA) is 68.2 Å². The minimum Gasteiger partial charge on any atom is -0.370 e. The van der Waals surface area contributed by atoms with Crippen molar-refractivity contribution in [1.29, 1.82) is 0 Å². The van der Waals surface area contributed by atoms with E-state index in [9.17, 15) is 0 Å². The minimum atomic E-state index is -0.0552. The smallest absolute Gasteiger partial charge is 0.189 e. The summed E-state index contributed by atoms with van der Waals surface area (Å²) in [5, 5.41) is 8.78. The molecule has 0 radical (unpaired) electrons. The van der Waals surface area contributed by atoms with Crippen LogP contribution in [0.25, 0.3) is 0 Å². The number of hydrogen-bond acceptors (Lipinski definition) is 2. The average Bonchev–Trinajstić information content (AvgIpc) is 2.73. The Bertz CT molecular complexity index is 752. The van der Waals surface area contributed by atoms with E-state index in [4.69, 9.17) is 28.9 Å². The highest BCUT2D eigenvalue weighted by atomic mass is 35.5. The number of hydrogen-bond donors (Lipinski definition) is 2. The van der Waals surface area contributed by atoms with E-state index in [-0.39, 0.29) is 6.04 Å². The van der Waals surface area contributed by atoms with E-state index < -0.39 is 0 Å². The standard InChI is InChI=1S/C17H23Cl2N5/c1-10(15-6-5-13(18)9-16(15)19)22-17(20)21-8-7-14-11(2)23-24(4)12(14)3/h5-6,9-10H,7-8H2,1-4H3,(H3,20,21,22). The molecule has 0 fully saturated rings. The molecule has 130 valence electrons. The predicted octanol–water partition coefficient (Wildman–Crippen LogP) is 3.55. The molecular formula is C17H23Cl2N5. The first-order valence-electron chi connectivity index (χ1n) is 7.80. The third-order valence-corrected chi connectivity index (χ3v) is 4.66. The Kier molecular flexibility index (Phi) is 6.13. The van der Waals surface area contributed by atoms with Gasteiger partial charge in [0.1, 0.15) is 0 Å². The van der Waals surface area contributed by atoms with Crippen LogP contribution in [-0.2, 0) is 13.5 Å². The van der Waals surface area contributed by atoms with Crippen LogP contribution in [0.1, 0.15) is 35.5 Å². The monoisotopic (exact) mass is 367 g/mol. The van der Waals surface area contributed by atoms with Crippen molar-refractivity contribution in [3.63, 3.8) is 0 Å². The van der Waals surface area contributed by atoms with Crippen LogP contribution in [0.3, 0.4) is 0 Å². The van der Waals surface area contributed by atoms with E-state index in [0.717, 1.165) is 23.4 Å². The van der Waals surface area contributed by atoms with Crippen molar-refractivity contribution < 1.29 is 0 Å². The largest absolute Gasteiger partial charge is 0.370 e. The molecule has 24 heavy (non-hydrogen) atoms. The molecule has 2 rings (SSSR count). The fourth-order valence-electron chi connectivity index (χ4n) is 2.67. The molecule has 0 aliphatic carbocycles. The molecule has 0 amide bonds. The molecule has 3 N–H and O–H groups in total. The Hall–Kier alpha value is -1.72. The van der Waals surface area contributed by atoms with Crippen molar-refractivity contribution >= 4 is 29.2 Å². The first kappa shape index (κ1) is 18.6. The van der Waals surface area contributed by atoms with Gasteiger partial charge in [-0.1, -0.05) is 29.3 Å². The summed E-state index contributed by atoms with van der Waals surface area (Å²) in [5.74, 6) is 0.396. The zero-order chi connectivity index (χ0) is 17.9. The molecule has 1 heterocycles. The summed E-state index contributed by atoms with van der Waals surface area (Å²) >= 11 is 12.1. The fourth-order valence-corrected chi connectivity index (χ4v) is 3.24. The molecule has 1 unspecified atom stereocenters. The lowest BCUT2D eigenvalue weighted by molar-refractivity contribution is 0.707. The lowest BCUT2D eigenvalue weighted by Crippen LogP contribution is -2.34. The molecule has 0 saturated carbocycles. The maximum Gasteiger partial charge on any atom is 0.189 e.